The zero-order valence-electron chi connectivity index (χ0n) is 13.7. The molecule has 1 heterocycles. The van der Waals surface area contributed by atoms with Crippen molar-refractivity contribution >= 4 is 6.03 Å². The Kier molecular flexibility index (Phi) is 4.02. The number of methoxy groups -OCH3 is 1. The summed E-state index contributed by atoms with van der Waals surface area (Å²) in [5, 5.41) is 10.1. The summed E-state index contributed by atoms with van der Waals surface area (Å²) in [5.41, 5.74) is 0.721. The van der Waals surface area contributed by atoms with Crippen LogP contribution >= 0.6 is 0 Å². The summed E-state index contributed by atoms with van der Waals surface area (Å²) in [4.78, 5) is 12.1. The van der Waals surface area contributed by atoms with E-state index in [4.69, 9.17) is 4.74 Å². The Hall–Kier alpha value is -1.56. The second-order valence-electron chi connectivity index (χ2n) is 6.70. The highest BCUT2D eigenvalue weighted by atomic mass is 16.5. The highest BCUT2D eigenvalue weighted by Crippen LogP contribution is 2.51. The number of amides is 2. The molecule has 0 saturated heterocycles. The van der Waals surface area contributed by atoms with Crippen LogP contribution in [0, 0.1) is 5.41 Å². The molecule has 21 heavy (non-hydrogen) atoms. The smallest absolute Gasteiger partial charge is 0.315 e. The van der Waals surface area contributed by atoms with Gasteiger partial charge in [-0.2, -0.15) is 5.10 Å². The van der Waals surface area contributed by atoms with Crippen LogP contribution in [0.1, 0.15) is 45.7 Å². The molecule has 2 rings (SSSR count). The Bertz CT molecular complexity index is 525. The molecule has 118 valence electrons. The predicted molar refractivity (Wildman–Crippen MR) is 80.9 cm³/mol. The summed E-state index contributed by atoms with van der Waals surface area (Å²) in [7, 11) is 3.58. The van der Waals surface area contributed by atoms with Crippen molar-refractivity contribution in [3.8, 4) is 0 Å². The number of hydrogen-bond donors (Lipinski definition) is 2. The molecule has 1 aromatic rings. The summed E-state index contributed by atoms with van der Waals surface area (Å²) in [6, 6.07) is -0.109. The largest absolute Gasteiger partial charge is 0.378 e. The molecule has 0 unspecified atom stereocenters. The number of carbonyl (C=O) groups excluding carboxylic acids is 1. The lowest BCUT2D eigenvalue weighted by Crippen LogP contribution is -2.69. The third kappa shape index (κ3) is 2.77. The quantitative estimate of drug-likeness (QED) is 0.892. The van der Waals surface area contributed by atoms with Gasteiger partial charge in [0.25, 0.3) is 0 Å². The first-order valence-electron chi connectivity index (χ1n) is 7.30. The molecule has 1 aliphatic carbocycles. The molecule has 6 nitrogen and oxygen atoms in total. The molecule has 0 bridgehead atoms. The Morgan fingerprint density at radius 3 is 2.67 bits per heavy atom. The van der Waals surface area contributed by atoms with Crippen LogP contribution in [0.3, 0.4) is 0 Å². The van der Waals surface area contributed by atoms with Crippen LogP contribution in [-0.2, 0) is 11.8 Å². The van der Waals surface area contributed by atoms with E-state index in [-0.39, 0.29) is 29.1 Å². The molecule has 2 amide bonds. The van der Waals surface area contributed by atoms with E-state index >= 15 is 0 Å². The van der Waals surface area contributed by atoms with Crippen molar-refractivity contribution in [2.45, 2.75) is 51.8 Å². The van der Waals surface area contributed by atoms with Crippen LogP contribution in [0.5, 0.6) is 0 Å². The molecule has 0 aromatic carbocycles. The zero-order chi connectivity index (χ0) is 15.8. The maximum absolute atomic E-state index is 12.1. The van der Waals surface area contributed by atoms with Gasteiger partial charge in [-0.3, -0.25) is 4.68 Å². The van der Waals surface area contributed by atoms with Crippen LogP contribution in [0.2, 0.25) is 0 Å². The van der Waals surface area contributed by atoms with Crippen molar-refractivity contribution < 1.29 is 9.53 Å². The second kappa shape index (κ2) is 5.33. The van der Waals surface area contributed by atoms with Crippen molar-refractivity contribution in [3.63, 3.8) is 0 Å². The Balaban J connectivity index is 1.89. The summed E-state index contributed by atoms with van der Waals surface area (Å²) >= 11 is 0. The Labute approximate surface area is 126 Å². The normalized spacial score (nSPS) is 28.6. The Morgan fingerprint density at radius 2 is 2.19 bits per heavy atom. The highest BCUT2D eigenvalue weighted by Gasteiger charge is 2.58. The third-order valence-electron chi connectivity index (χ3n) is 5.16. The van der Waals surface area contributed by atoms with E-state index in [0.717, 1.165) is 12.0 Å². The molecule has 3 atom stereocenters. The number of hydrogen-bond acceptors (Lipinski definition) is 3. The maximum Gasteiger partial charge on any atom is 0.315 e. The molecule has 1 fully saturated rings. The number of rotatable bonds is 4. The molecule has 1 aliphatic rings. The fraction of sp³-hybridized carbons (Fsp3) is 0.733. The minimum Gasteiger partial charge on any atom is -0.378 e. The molecule has 0 radical (unpaired) electrons. The van der Waals surface area contributed by atoms with Gasteiger partial charge in [-0.25, -0.2) is 4.79 Å². The molecule has 2 N–H and O–H groups in total. The van der Waals surface area contributed by atoms with Gasteiger partial charge in [0.1, 0.15) is 0 Å². The SMILES string of the molecule is CO[C@]1(C)C[C@@H](NC(=O)N[C@@H](C)c2cnn(C)c2)C1(C)C. The first kappa shape index (κ1) is 15.8. The molecular formula is C15H26N4O2. The van der Waals surface area contributed by atoms with Crippen molar-refractivity contribution in [2.24, 2.45) is 12.5 Å². The summed E-state index contributed by atoms with van der Waals surface area (Å²) in [6.07, 6.45) is 4.49. The minimum atomic E-state index is -0.181. The van der Waals surface area contributed by atoms with Crippen molar-refractivity contribution in [2.75, 3.05) is 7.11 Å². The van der Waals surface area contributed by atoms with E-state index in [2.05, 4.69) is 36.5 Å². The van der Waals surface area contributed by atoms with Crippen LogP contribution < -0.4 is 10.6 Å². The number of nitrogens with one attached hydrogen (secondary N) is 2. The molecule has 0 spiro atoms. The lowest BCUT2D eigenvalue weighted by Gasteiger charge is -2.59. The number of aryl methyl sites for hydroxylation is 1. The fourth-order valence-electron chi connectivity index (χ4n) is 2.87. The van der Waals surface area contributed by atoms with E-state index in [1.165, 1.54) is 0 Å². The average molecular weight is 294 g/mol. The first-order chi connectivity index (χ1) is 9.69. The van der Waals surface area contributed by atoms with Crippen LogP contribution in [0.25, 0.3) is 0 Å². The van der Waals surface area contributed by atoms with Gasteiger partial charge in [-0.05, 0) is 20.3 Å². The average Bonchev–Trinajstić information content (AvgIpc) is 2.84. The zero-order valence-corrected chi connectivity index (χ0v) is 13.7. The van der Waals surface area contributed by atoms with Crippen molar-refractivity contribution in [3.05, 3.63) is 18.0 Å². The molecular weight excluding hydrogens is 268 g/mol. The van der Waals surface area contributed by atoms with Gasteiger partial charge in [0, 0.05) is 37.4 Å². The van der Waals surface area contributed by atoms with Gasteiger partial charge in [0.2, 0.25) is 0 Å². The van der Waals surface area contributed by atoms with Crippen molar-refractivity contribution in [1.29, 1.82) is 0 Å². The number of nitrogens with zero attached hydrogens (tertiary/aromatic N) is 2. The van der Waals surface area contributed by atoms with E-state index < -0.39 is 0 Å². The number of urea groups is 1. The Morgan fingerprint density at radius 1 is 1.52 bits per heavy atom. The van der Waals surface area contributed by atoms with Gasteiger partial charge in [0.15, 0.2) is 0 Å². The standard InChI is InChI=1S/C15H26N4O2/c1-10(11-8-16-19(5)9-11)17-13(20)18-12-7-15(4,21-6)14(12,2)3/h8-10,12H,7H2,1-6H3,(H2,17,18,20)/t10-,12+,15+/m0/s1. The highest BCUT2D eigenvalue weighted by molar-refractivity contribution is 5.75. The second-order valence-corrected chi connectivity index (χ2v) is 6.70. The van der Waals surface area contributed by atoms with Gasteiger partial charge in [0.05, 0.1) is 17.8 Å². The van der Waals surface area contributed by atoms with Gasteiger partial charge in [-0.15, -0.1) is 0 Å². The molecule has 1 saturated carbocycles. The topological polar surface area (TPSA) is 68.2 Å². The lowest BCUT2D eigenvalue weighted by molar-refractivity contribution is -0.177. The fourth-order valence-corrected chi connectivity index (χ4v) is 2.87. The van der Waals surface area contributed by atoms with E-state index in [0.29, 0.717) is 0 Å². The van der Waals surface area contributed by atoms with Gasteiger partial charge >= 0.3 is 6.03 Å². The molecule has 6 heteroatoms. The van der Waals surface area contributed by atoms with E-state index in [1.807, 2.05) is 20.2 Å². The van der Waals surface area contributed by atoms with Gasteiger partial charge < -0.3 is 15.4 Å². The monoisotopic (exact) mass is 294 g/mol. The van der Waals surface area contributed by atoms with Crippen molar-refractivity contribution in [1.82, 2.24) is 20.4 Å². The number of aromatic nitrogens is 2. The number of ether oxygens (including phenoxy) is 1. The molecule has 1 aromatic heterocycles. The third-order valence-corrected chi connectivity index (χ3v) is 5.16. The first-order valence-corrected chi connectivity index (χ1v) is 7.30. The predicted octanol–water partition coefficient (Wildman–Crippen LogP) is 1.98. The lowest BCUT2D eigenvalue weighted by atomic mass is 9.56. The summed E-state index contributed by atoms with van der Waals surface area (Å²) < 4.78 is 7.30. The summed E-state index contributed by atoms with van der Waals surface area (Å²) in [5.74, 6) is 0. The van der Waals surface area contributed by atoms with E-state index in [1.54, 1.807) is 18.0 Å². The minimum absolute atomic E-state index is 0.0734. The molecule has 0 aliphatic heterocycles. The summed E-state index contributed by atoms with van der Waals surface area (Å²) in [6.45, 7) is 8.27. The van der Waals surface area contributed by atoms with Crippen LogP contribution in [0.15, 0.2) is 12.4 Å². The van der Waals surface area contributed by atoms with E-state index in [9.17, 15) is 4.79 Å². The number of carbonyl (C=O) groups is 1. The van der Waals surface area contributed by atoms with Crippen LogP contribution in [-0.4, -0.2) is 34.6 Å². The van der Waals surface area contributed by atoms with Crippen LogP contribution in [0.4, 0.5) is 4.79 Å². The maximum atomic E-state index is 12.1. The van der Waals surface area contributed by atoms with Gasteiger partial charge in [-0.1, -0.05) is 13.8 Å².